The molecule has 3 amide bonds. The van der Waals surface area contributed by atoms with E-state index in [-0.39, 0.29) is 36.5 Å². The molecule has 1 aliphatic carbocycles. The van der Waals surface area contributed by atoms with Gasteiger partial charge < -0.3 is 0 Å². The Morgan fingerprint density at radius 1 is 1.00 bits per heavy atom. The molecule has 2 fully saturated rings. The second kappa shape index (κ2) is 10.6. The van der Waals surface area contributed by atoms with Crippen LogP contribution in [0.5, 0.6) is 0 Å². The number of benzene rings is 2. The van der Waals surface area contributed by atoms with Gasteiger partial charge in [0.05, 0.1) is 27.3 Å². The van der Waals surface area contributed by atoms with Gasteiger partial charge in [-0.05, 0) is 43.2 Å². The molecule has 4 rings (SSSR count). The first kappa shape index (κ1) is 26.7. The van der Waals surface area contributed by atoms with Crippen LogP contribution >= 0.6 is 55.1 Å². The van der Waals surface area contributed by atoms with E-state index in [9.17, 15) is 29.3 Å². The Bertz CT molecular complexity index is 1250. The molecule has 188 valence electrons. The number of nitrogens with zero attached hydrogens (tertiary/aromatic N) is 3. The number of imide groups is 1. The lowest BCUT2D eigenvalue weighted by molar-refractivity contribution is -0.384. The van der Waals surface area contributed by atoms with Crippen LogP contribution in [0.1, 0.15) is 33.6 Å². The van der Waals surface area contributed by atoms with Crippen LogP contribution in [-0.2, 0) is 9.59 Å². The van der Waals surface area contributed by atoms with Gasteiger partial charge in [0.2, 0.25) is 0 Å². The van der Waals surface area contributed by atoms with Crippen LogP contribution in [0.4, 0.5) is 5.69 Å². The molecular formula is C23H17Br2Cl2N3O6. The molecule has 1 aliphatic heterocycles. The van der Waals surface area contributed by atoms with Crippen molar-refractivity contribution in [2.24, 2.45) is 11.8 Å². The predicted molar refractivity (Wildman–Crippen MR) is 138 cm³/mol. The molecule has 1 heterocycles. The number of carbonyl (C=O) groups excluding carboxylic acids is 4. The fourth-order valence-electron chi connectivity index (χ4n) is 4.35. The number of non-ortho nitro benzene ring substituents is 1. The highest BCUT2D eigenvalue weighted by Gasteiger charge is 2.54. The van der Waals surface area contributed by atoms with Crippen LogP contribution in [-0.4, -0.2) is 54.6 Å². The Kier molecular flexibility index (Phi) is 7.84. The standard InChI is InChI=1S/C23H17Br2Cl2N3O6/c24-17-8-15-16(9-18(17)25)23(34)29(22(15)33)28(21(32)14-6-3-12(26)7-19(14)27)10-20(31)11-1-4-13(5-2-11)30(35)36/h1-7,15-18H,8-10H2/t15-,16-,17+,18+/m1/s1. The summed E-state index contributed by atoms with van der Waals surface area (Å²) < 4.78 is 0. The molecule has 0 aromatic heterocycles. The lowest BCUT2D eigenvalue weighted by Crippen LogP contribution is -2.52. The van der Waals surface area contributed by atoms with Gasteiger partial charge in [0.15, 0.2) is 5.78 Å². The Morgan fingerprint density at radius 2 is 1.56 bits per heavy atom. The fraction of sp³-hybridized carbons (Fsp3) is 0.304. The number of Topliss-reactive ketones (excluding diaryl/α,β-unsaturated/α-hetero) is 1. The third-order valence-electron chi connectivity index (χ3n) is 6.22. The first-order valence-corrected chi connectivity index (χ1v) is 13.3. The summed E-state index contributed by atoms with van der Waals surface area (Å²) >= 11 is 19.2. The van der Waals surface area contributed by atoms with E-state index in [2.05, 4.69) is 31.9 Å². The van der Waals surface area contributed by atoms with Crippen molar-refractivity contribution < 1.29 is 24.1 Å². The summed E-state index contributed by atoms with van der Waals surface area (Å²) in [7, 11) is 0. The summed E-state index contributed by atoms with van der Waals surface area (Å²) in [5.41, 5.74) is -0.196. The maximum atomic E-state index is 13.6. The Balaban J connectivity index is 1.71. The van der Waals surface area contributed by atoms with Gasteiger partial charge in [-0.25, -0.2) is 5.01 Å². The second-order valence-corrected chi connectivity index (χ2v) is 11.6. The molecule has 2 aliphatic rings. The van der Waals surface area contributed by atoms with Gasteiger partial charge in [-0.1, -0.05) is 55.1 Å². The molecule has 1 saturated heterocycles. The number of nitro benzene ring substituents is 1. The number of hydrogen-bond donors (Lipinski definition) is 0. The SMILES string of the molecule is O=C(CN(C(=O)c1ccc(Cl)cc1Cl)N1C(=O)[C@@H]2C[C@H](Br)[C@@H](Br)C[C@H]2C1=O)c1ccc([N+](=O)[O-])cc1. The van der Waals surface area contributed by atoms with E-state index in [4.69, 9.17) is 23.2 Å². The maximum Gasteiger partial charge on any atom is 0.274 e. The Morgan fingerprint density at radius 3 is 2.06 bits per heavy atom. The zero-order chi connectivity index (χ0) is 26.3. The van der Waals surface area contributed by atoms with Gasteiger partial charge in [-0.15, -0.1) is 0 Å². The number of ketones is 1. The number of alkyl halides is 2. The van der Waals surface area contributed by atoms with Gasteiger partial charge in [0.1, 0.15) is 6.54 Å². The summed E-state index contributed by atoms with van der Waals surface area (Å²) in [5.74, 6) is -3.93. The fourth-order valence-corrected chi connectivity index (χ4v) is 6.07. The lowest BCUT2D eigenvalue weighted by atomic mass is 9.81. The molecule has 4 atom stereocenters. The largest absolute Gasteiger partial charge is 0.292 e. The number of halogens is 4. The molecule has 2 aromatic rings. The van der Waals surface area contributed by atoms with E-state index < -0.39 is 46.8 Å². The first-order chi connectivity index (χ1) is 17.0. The van der Waals surface area contributed by atoms with Gasteiger partial charge in [-0.3, -0.25) is 29.3 Å². The van der Waals surface area contributed by atoms with Crippen LogP contribution in [0, 0.1) is 22.0 Å². The van der Waals surface area contributed by atoms with E-state index in [1.807, 2.05) is 0 Å². The summed E-state index contributed by atoms with van der Waals surface area (Å²) in [6.07, 6.45) is 0.753. The normalized spacial score (nSPS) is 23.4. The number of rotatable bonds is 6. The van der Waals surface area contributed by atoms with Crippen LogP contribution in [0.15, 0.2) is 42.5 Å². The highest BCUT2D eigenvalue weighted by atomic mass is 79.9. The van der Waals surface area contributed by atoms with Crippen molar-refractivity contribution in [2.45, 2.75) is 22.5 Å². The Hall–Kier alpha value is -2.34. The van der Waals surface area contributed by atoms with Gasteiger partial charge in [-0.2, -0.15) is 5.01 Å². The van der Waals surface area contributed by atoms with Gasteiger partial charge in [0.25, 0.3) is 23.4 Å². The highest BCUT2D eigenvalue weighted by Crippen LogP contribution is 2.44. The molecule has 0 spiro atoms. The van der Waals surface area contributed by atoms with E-state index in [0.717, 1.165) is 22.2 Å². The summed E-state index contributed by atoms with van der Waals surface area (Å²) in [6, 6.07) is 8.91. The molecule has 13 heteroatoms. The number of nitro groups is 1. The molecule has 1 saturated carbocycles. The monoisotopic (exact) mass is 659 g/mol. The summed E-state index contributed by atoms with van der Waals surface area (Å²) in [5, 5.41) is 12.7. The average Bonchev–Trinajstić information content (AvgIpc) is 3.06. The van der Waals surface area contributed by atoms with Crippen molar-refractivity contribution in [1.82, 2.24) is 10.0 Å². The molecule has 9 nitrogen and oxygen atoms in total. The maximum absolute atomic E-state index is 13.6. The smallest absolute Gasteiger partial charge is 0.274 e. The van der Waals surface area contributed by atoms with Crippen molar-refractivity contribution in [3.8, 4) is 0 Å². The molecule has 36 heavy (non-hydrogen) atoms. The second-order valence-electron chi connectivity index (χ2n) is 8.42. The minimum atomic E-state index is -0.835. The van der Waals surface area contributed by atoms with Crippen LogP contribution in [0.25, 0.3) is 0 Å². The number of hydrogen-bond acceptors (Lipinski definition) is 6. The van der Waals surface area contributed by atoms with Gasteiger partial charge in [0, 0.05) is 32.4 Å². The van der Waals surface area contributed by atoms with Crippen molar-refractivity contribution >= 4 is 84.3 Å². The van der Waals surface area contributed by atoms with Crippen LogP contribution < -0.4 is 0 Å². The van der Waals surface area contributed by atoms with Crippen molar-refractivity contribution in [3.05, 3.63) is 73.8 Å². The average molecular weight is 662 g/mol. The van der Waals surface area contributed by atoms with Crippen LogP contribution in [0.2, 0.25) is 10.0 Å². The Labute approximate surface area is 232 Å². The zero-order valence-electron chi connectivity index (χ0n) is 18.3. The number of carbonyl (C=O) groups is 4. The molecule has 0 bridgehead atoms. The summed E-state index contributed by atoms with van der Waals surface area (Å²) in [4.78, 5) is 63.7. The molecule has 0 N–H and O–H groups in total. The van der Waals surface area contributed by atoms with E-state index in [0.29, 0.717) is 12.8 Å². The third kappa shape index (κ3) is 5.06. The zero-order valence-corrected chi connectivity index (χ0v) is 23.0. The summed E-state index contributed by atoms with van der Waals surface area (Å²) in [6.45, 7) is -0.665. The predicted octanol–water partition coefficient (Wildman–Crippen LogP) is 5.06. The number of fused-ring (bicyclic) bond motifs is 1. The lowest BCUT2D eigenvalue weighted by Gasteiger charge is -2.30. The topological polar surface area (TPSA) is 118 Å². The molecule has 0 radical (unpaired) electrons. The quantitative estimate of drug-likeness (QED) is 0.140. The molecule has 2 aromatic carbocycles. The third-order valence-corrected chi connectivity index (χ3v) is 9.50. The van der Waals surface area contributed by atoms with Crippen molar-refractivity contribution in [3.63, 3.8) is 0 Å². The van der Waals surface area contributed by atoms with Crippen LogP contribution in [0.3, 0.4) is 0 Å². The van der Waals surface area contributed by atoms with E-state index in [1.165, 1.54) is 30.3 Å². The number of amides is 3. The minimum Gasteiger partial charge on any atom is -0.292 e. The van der Waals surface area contributed by atoms with Crippen molar-refractivity contribution in [1.29, 1.82) is 0 Å². The van der Waals surface area contributed by atoms with E-state index >= 15 is 0 Å². The molecule has 0 unspecified atom stereocenters. The first-order valence-electron chi connectivity index (χ1n) is 10.7. The van der Waals surface area contributed by atoms with E-state index in [1.54, 1.807) is 0 Å². The van der Waals surface area contributed by atoms with Crippen molar-refractivity contribution in [2.75, 3.05) is 6.54 Å². The number of hydrazine groups is 1. The minimum absolute atomic E-state index is 0.0159. The molecular weight excluding hydrogens is 645 g/mol. The highest BCUT2D eigenvalue weighted by molar-refractivity contribution is 9.12. The van der Waals surface area contributed by atoms with Gasteiger partial charge >= 0.3 is 0 Å².